The summed E-state index contributed by atoms with van der Waals surface area (Å²) in [6, 6.07) is 0.894. The average molecular weight is 225 g/mol. The first-order chi connectivity index (χ1) is 7.42. The summed E-state index contributed by atoms with van der Waals surface area (Å²) in [6.45, 7) is 1.26. The van der Waals surface area contributed by atoms with Gasteiger partial charge in [0.1, 0.15) is 0 Å². The Morgan fingerprint density at radius 2 is 2.00 bits per heavy atom. The van der Waals surface area contributed by atoms with E-state index in [2.05, 4.69) is 17.1 Å². The molecule has 1 N–H and O–H groups in total. The van der Waals surface area contributed by atoms with Crippen molar-refractivity contribution in [1.29, 1.82) is 0 Å². The number of fused-ring (bicyclic) bond motifs is 2. The van der Waals surface area contributed by atoms with Gasteiger partial charge in [0.15, 0.2) is 0 Å². The minimum absolute atomic E-state index is 0.894. The number of hydrogen-bond donors (Lipinski definition) is 1. The van der Waals surface area contributed by atoms with Crippen molar-refractivity contribution in [2.75, 3.05) is 18.1 Å². The van der Waals surface area contributed by atoms with E-state index >= 15 is 0 Å². The van der Waals surface area contributed by atoms with Gasteiger partial charge in [-0.25, -0.2) is 0 Å². The zero-order chi connectivity index (χ0) is 10.1. The van der Waals surface area contributed by atoms with E-state index in [0.717, 1.165) is 23.8 Å². The summed E-state index contributed by atoms with van der Waals surface area (Å²) in [4.78, 5) is 0. The first-order valence-corrected chi connectivity index (χ1v) is 7.88. The Balaban J connectivity index is 1.26. The number of rotatable bonds is 6. The van der Waals surface area contributed by atoms with E-state index in [1.165, 1.54) is 56.6 Å². The minimum atomic E-state index is 0.894. The van der Waals surface area contributed by atoms with E-state index < -0.39 is 0 Å². The first-order valence-electron chi connectivity index (χ1n) is 6.73. The molecule has 3 aliphatic rings. The molecule has 0 aromatic heterocycles. The van der Waals surface area contributed by atoms with Crippen molar-refractivity contribution in [3.63, 3.8) is 0 Å². The second-order valence-corrected chi connectivity index (χ2v) is 6.90. The van der Waals surface area contributed by atoms with Gasteiger partial charge in [0.05, 0.1) is 0 Å². The standard InChI is InChI=1S/C13H23NS/c1-2-10(1)9-15-6-5-14-13-8-11-3-4-12(13)7-11/h10-14H,1-9H2. The van der Waals surface area contributed by atoms with E-state index in [-0.39, 0.29) is 0 Å². The molecule has 3 aliphatic carbocycles. The predicted molar refractivity (Wildman–Crippen MR) is 67.3 cm³/mol. The molecule has 0 amide bonds. The lowest BCUT2D eigenvalue weighted by molar-refractivity contribution is 0.359. The van der Waals surface area contributed by atoms with Crippen LogP contribution in [0.1, 0.15) is 38.5 Å². The zero-order valence-corrected chi connectivity index (χ0v) is 10.4. The molecule has 1 nitrogen and oxygen atoms in total. The molecule has 0 spiro atoms. The highest BCUT2D eigenvalue weighted by Gasteiger charge is 2.38. The van der Waals surface area contributed by atoms with E-state index in [1.54, 1.807) is 0 Å². The summed E-state index contributed by atoms with van der Waals surface area (Å²) in [5.41, 5.74) is 0. The lowest BCUT2D eigenvalue weighted by Crippen LogP contribution is -2.35. The lowest BCUT2D eigenvalue weighted by atomic mass is 9.95. The molecule has 0 aromatic rings. The Labute approximate surface area is 97.8 Å². The van der Waals surface area contributed by atoms with E-state index in [1.807, 2.05) is 0 Å². The van der Waals surface area contributed by atoms with Crippen LogP contribution in [0.4, 0.5) is 0 Å². The number of thioether (sulfide) groups is 1. The van der Waals surface area contributed by atoms with Crippen LogP contribution in [0, 0.1) is 17.8 Å². The fraction of sp³-hybridized carbons (Fsp3) is 1.00. The van der Waals surface area contributed by atoms with E-state index in [4.69, 9.17) is 0 Å². The maximum Gasteiger partial charge on any atom is 0.00984 e. The molecule has 3 fully saturated rings. The molecular weight excluding hydrogens is 202 g/mol. The first kappa shape index (κ1) is 10.5. The van der Waals surface area contributed by atoms with Crippen molar-refractivity contribution >= 4 is 11.8 Å². The second kappa shape index (κ2) is 4.67. The van der Waals surface area contributed by atoms with Crippen LogP contribution in [0.2, 0.25) is 0 Å². The zero-order valence-electron chi connectivity index (χ0n) is 9.58. The summed E-state index contributed by atoms with van der Waals surface area (Å²) in [5, 5.41) is 3.79. The van der Waals surface area contributed by atoms with Gasteiger partial charge in [0.25, 0.3) is 0 Å². The van der Waals surface area contributed by atoms with Crippen LogP contribution in [-0.2, 0) is 0 Å². The van der Waals surface area contributed by atoms with Crippen LogP contribution >= 0.6 is 11.8 Å². The van der Waals surface area contributed by atoms with Crippen molar-refractivity contribution in [3.8, 4) is 0 Å². The Bertz CT molecular complexity index is 215. The SMILES string of the molecule is C(CSCC1CC1)NC1CC2CCC1C2. The topological polar surface area (TPSA) is 12.0 Å². The summed E-state index contributed by atoms with van der Waals surface area (Å²) >= 11 is 2.16. The molecule has 0 heterocycles. The predicted octanol–water partition coefficient (Wildman–Crippen LogP) is 2.91. The average Bonchev–Trinajstić information content (AvgIpc) is 2.84. The second-order valence-electron chi connectivity index (χ2n) is 5.75. The number of nitrogens with one attached hydrogen (secondary N) is 1. The molecule has 3 unspecified atom stereocenters. The largest absolute Gasteiger partial charge is 0.313 e. The van der Waals surface area contributed by atoms with Gasteiger partial charge in [-0.1, -0.05) is 6.42 Å². The smallest absolute Gasteiger partial charge is 0.00984 e. The normalized spacial score (nSPS) is 38.8. The van der Waals surface area contributed by atoms with Crippen LogP contribution in [0.5, 0.6) is 0 Å². The molecule has 3 atom stereocenters. The molecule has 0 aromatic carbocycles. The van der Waals surface area contributed by atoms with Gasteiger partial charge < -0.3 is 5.32 Å². The molecule has 3 saturated carbocycles. The lowest BCUT2D eigenvalue weighted by Gasteiger charge is -2.22. The highest BCUT2D eigenvalue weighted by Crippen LogP contribution is 2.44. The third-order valence-electron chi connectivity index (χ3n) is 4.44. The maximum atomic E-state index is 3.79. The third-order valence-corrected chi connectivity index (χ3v) is 5.64. The van der Waals surface area contributed by atoms with Crippen molar-refractivity contribution < 1.29 is 0 Å². The van der Waals surface area contributed by atoms with Gasteiger partial charge in [-0.3, -0.25) is 0 Å². The molecule has 2 heteroatoms. The quantitative estimate of drug-likeness (QED) is 0.698. The highest BCUT2D eigenvalue weighted by atomic mass is 32.2. The fourth-order valence-corrected chi connectivity index (χ4v) is 4.44. The van der Waals surface area contributed by atoms with E-state index in [9.17, 15) is 0 Å². The molecule has 2 bridgehead atoms. The third kappa shape index (κ3) is 2.71. The van der Waals surface area contributed by atoms with Crippen molar-refractivity contribution in [2.45, 2.75) is 44.6 Å². The molecule has 0 aliphatic heterocycles. The van der Waals surface area contributed by atoms with Crippen molar-refractivity contribution in [3.05, 3.63) is 0 Å². The Kier molecular flexibility index (Phi) is 3.25. The molecule has 3 rings (SSSR count). The van der Waals surface area contributed by atoms with Gasteiger partial charge in [0, 0.05) is 18.3 Å². The number of hydrogen-bond acceptors (Lipinski definition) is 2. The Morgan fingerprint density at radius 3 is 2.67 bits per heavy atom. The summed E-state index contributed by atoms with van der Waals surface area (Å²) < 4.78 is 0. The summed E-state index contributed by atoms with van der Waals surface area (Å²) in [7, 11) is 0. The Morgan fingerprint density at radius 1 is 1.07 bits per heavy atom. The van der Waals surface area contributed by atoms with Crippen LogP contribution in [0.25, 0.3) is 0 Å². The van der Waals surface area contributed by atoms with Crippen LogP contribution in [-0.4, -0.2) is 24.1 Å². The molecule has 86 valence electrons. The van der Waals surface area contributed by atoms with Crippen molar-refractivity contribution in [1.82, 2.24) is 5.32 Å². The van der Waals surface area contributed by atoms with Crippen LogP contribution in [0.15, 0.2) is 0 Å². The maximum absolute atomic E-state index is 3.79. The Hall–Kier alpha value is 0.310. The van der Waals surface area contributed by atoms with Gasteiger partial charge >= 0.3 is 0 Å². The minimum Gasteiger partial charge on any atom is -0.313 e. The fourth-order valence-electron chi connectivity index (χ4n) is 3.35. The van der Waals surface area contributed by atoms with Gasteiger partial charge in [-0.2, -0.15) is 11.8 Å². The monoisotopic (exact) mass is 225 g/mol. The summed E-state index contributed by atoms with van der Waals surface area (Å²) in [6.07, 6.45) is 9.07. The molecule has 15 heavy (non-hydrogen) atoms. The summed E-state index contributed by atoms with van der Waals surface area (Å²) in [5.74, 6) is 6.00. The van der Waals surface area contributed by atoms with Gasteiger partial charge in [-0.15, -0.1) is 0 Å². The molecule has 0 radical (unpaired) electrons. The van der Waals surface area contributed by atoms with E-state index in [0.29, 0.717) is 0 Å². The highest BCUT2D eigenvalue weighted by molar-refractivity contribution is 7.99. The molecule has 0 saturated heterocycles. The van der Waals surface area contributed by atoms with Crippen molar-refractivity contribution in [2.24, 2.45) is 17.8 Å². The van der Waals surface area contributed by atoms with Gasteiger partial charge in [0.2, 0.25) is 0 Å². The van der Waals surface area contributed by atoms with Gasteiger partial charge in [-0.05, 0) is 55.6 Å². The van der Waals surface area contributed by atoms with Crippen LogP contribution in [0.3, 0.4) is 0 Å². The van der Waals surface area contributed by atoms with Crippen LogP contribution < -0.4 is 5.32 Å². The molecular formula is C13H23NS.